The molecule has 0 saturated carbocycles. The number of carbonyl (C=O) groups is 1. The van der Waals surface area contributed by atoms with Crippen LogP contribution in [0.4, 0.5) is 23.2 Å². The molecule has 1 heterocycles. The quantitative estimate of drug-likeness (QED) is 0.434. The summed E-state index contributed by atoms with van der Waals surface area (Å²) in [6.45, 7) is 0.183. The van der Waals surface area contributed by atoms with Gasteiger partial charge >= 0.3 is 6.18 Å². The predicted molar refractivity (Wildman–Crippen MR) is 104 cm³/mol. The summed E-state index contributed by atoms with van der Waals surface area (Å²) in [5, 5.41) is 5.85. The second kappa shape index (κ2) is 8.24. The molecule has 0 unspecified atom stereocenters. The van der Waals surface area contributed by atoms with Crippen molar-refractivity contribution < 1.29 is 22.4 Å². The molecule has 29 heavy (non-hydrogen) atoms. The number of fused-ring (bicyclic) bond motifs is 1. The van der Waals surface area contributed by atoms with E-state index in [4.69, 9.17) is 11.6 Å². The molecule has 2 N–H and O–H groups in total. The van der Waals surface area contributed by atoms with Crippen LogP contribution in [-0.4, -0.2) is 23.6 Å². The van der Waals surface area contributed by atoms with Crippen LogP contribution in [0, 0.1) is 12.7 Å². The molecule has 3 rings (SSSR count). The number of anilines is 1. The van der Waals surface area contributed by atoms with Crippen molar-refractivity contribution in [2.75, 3.05) is 11.9 Å². The lowest BCUT2D eigenvalue weighted by Crippen LogP contribution is -2.33. The third kappa shape index (κ3) is 5.14. The molecule has 4 nitrogen and oxygen atoms in total. The van der Waals surface area contributed by atoms with E-state index in [1.54, 1.807) is 5.32 Å². The van der Waals surface area contributed by atoms with E-state index in [-0.39, 0.29) is 28.5 Å². The van der Waals surface area contributed by atoms with Crippen LogP contribution in [-0.2, 0) is 6.54 Å². The van der Waals surface area contributed by atoms with Crippen LogP contribution in [0.1, 0.15) is 21.5 Å². The minimum Gasteiger partial charge on any atom is -0.381 e. The molecule has 1 amide bonds. The minimum absolute atomic E-state index is 0.185. The zero-order valence-corrected chi connectivity index (χ0v) is 16.0. The molecule has 0 bridgehead atoms. The maximum Gasteiger partial charge on any atom is 0.405 e. The van der Waals surface area contributed by atoms with E-state index in [1.807, 2.05) is 30.3 Å². The highest BCUT2D eigenvalue weighted by Gasteiger charge is 2.28. The van der Waals surface area contributed by atoms with Crippen molar-refractivity contribution in [3.05, 3.63) is 70.1 Å². The van der Waals surface area contributed by atoms with E-state index in [9.17, 15) is 22.4 Å². The first-order valence-corrected chi connectivity index (χ1v) is 8.95. The Balaban J connectivity index is 1.81. The van der Waals surface area contributed by atoms with Gasteiger partial charge in [0.15, 0.2) is 0 Å². The lowest BCUT2D eigenvalue weighted by Gasteiger charge is -2.14. The third-order valence-corrected chi connectivity index (χ3v) is 4.60. The predicted octanol–water partition coefficient (Wildman–Crippen LogP) is 5.24. The smallest absolute Gasteiger partial charge is 0.381 e. The number of hydrogen-bond acceptors (Lipinski definition) is 3. The average molecular weight is 426 g/mol. The van der Waals surface area contributed by atoms with Crippen LogP contribution in [0.3, 0.4) is 0 Å². The average Bonchev–Trinajstić information content (AvgIpc) is 2.66. The molecule has 0 radical (unpaired) electrons. The van der Waals surface area contributed by atoms with Crippen molar-refractivity contribution in [1.29, 1.82) is 0 Å². The van der Waals surface area contributed by atoms with E-state index in [0.717, 1.165) is 17.0 Å². The van der Waals surface area contributed by atoms with E-state index in [0.29, 0.717) is 5.56 Å². The van der Waals surface area contributed by atoms with Crippen LogP contribution < -0.4 is 10.6 Å². The summed E-state index contributed by atoms with van der Waals surface area (Å²) in [5.41, 5.74) is 1.65. The number of nitrogens with zero attached hydrogens (tertiary/aromatic N) is 1. The van der Waals surface area contributed by atoms with E-state index in [1.165, 1.54) is 13.0 Å². The first-order chi connectivity index (χ1) is 13.6. The van der Waals surface area contributed by atoms with Gasteiger partial charge in [-0.1, -0.05) is 29.8 Å². The molecule has 0 atom stereocenters. The van der Waals surface area contributed by atoms with Crippen LogP contribution in [0.25, 0.3) is 10.9 Å². The molecular formula is C20H16ClF4N3O. The van der Waals surface area contributed by atoms with Crippen LogP contribution in [0.5, 0.6) is 0 Å². The largest absolute Gasteiger partial charge is 0.405 e. The molecule has 1 aromatic heterocycles. The van der Waals surface area contributed by atoms with Gasteiger partial charge in [0, 0.05) is 34.3 Å². The highest BCUT2D eigenvalue weighted by molar-refractivity contribution is 6.30. The van der Waals surface area contributed by atoms with Crippen LogP contribution in [0.15, 0.2) is 42.5 Å². The number of pyridine rings is 1. The van der Waals surface area contributed by atoms with E-state index in [2.05, 4.69) is 10.3 Å². The summed E-state index contributed by atoms with van der Waals surface area (Å²) in [6, 6.07) is 11.4. The third-order valence-electron chi connectivity index (χ3n) is 4.28. The van der Waals surface area contributed by atoms with Crippen LogP contribution in [0.2, 0.25) is 5.15 Å². The van der Waals surface area contributed by atoms with Crippen molar-refractivity contribution >= 4 is 34.1 Å². The summed E-state index contributed by atoms with van der Waals surface area (Å²) < 4.78 is 51.1. The molecule has 0 aliphatic carbocycles. The fraction of sp³-hybridized carbons (Fsp3) is 0.200. The van der Waals surface area contributed by atoms with Gasteiger partial charge < -0.3 is 10.6 Å². The molecule has 2 aromatic carbocycles. The number of alkyl halides is 3. The number of para-hydroxylation sites is 1. The van der Waals surface area contributed by atoms with Gasteiger partial charge in [-0.2, -0.15) is 13.2 Å². The molecule has 0 saturated heterocycles. The number of amides is 1. The van der Waals surface area contributed by atoms with Gasteiger partial charge in [0.2, 0.25) is 0 Å². The second-order valence-corrected chi connectivity index (χ2v) is 6.77. The monoisotopic (exact) mass is 425 g/mol. The van der Waals surface area contributed by atoms with E-state index >= 15 is 0 Å². The maximum absolute atomic E-state index is 14.2. The SMILES string of the molecule is Cc1c(F)cc(C(=O)NCC(F)(F)F)cc1NCc1cc2ccccc2nc1Cl. The molecule has 0 spiro atoms. The molecule has 0 aliphatic heterocycles. The normalized spacial score (nSPS) is 11.5. The number of rotatable bonds is 5. The van der Waals surface area contributed by atoms with Crippen LogP contribution >= 0.6 is 11.6 Å². The van der Waals surface area contributed by atoms with Crippen molar-refractivity contribution in [2.24, 2.45) is 0 Å². The number of halogens is 5. The number of benzene rings is 2. The number of hydrogen-bond donors (Lipinski definition) is 2. The Morgan fingerprint density at radius 1 is 1.17 bits per heavy atom. The second-order valence-electron chi connectivity index (χ2n) is 6.41. The molecule has 152 valence electrons. The maximum atomic E-state index is 14.2. The Kier molecular flexibility index (Phi) is 5.93. The van der Waals surface area contributed by atoms with Crippen molar-refractivity contribution in [3.63, 3.8) is 0 Å². The van der Waals surface area contributed by atoms with E-state index < -0.39 is 24.4 Å². The van der Waals surface area contributed by atoms with Crippen molar-refractivity contribution in [1.82, 2.24) is 10.3 Å². The highest BCUT2D eigenvalue weighted by atomic mass is 35.5. The standard InChI is InChI=1S/C20H16ClF4N3O/c1-11-15(22)7-13(19(29)27-10-20(23,24)25)8-17(11)26-9-14-6-12-4-2-3-5-16(12)28-18(14)21/h2-8,26H,9-10H2,1H3,(H,27,29). The Morgan fingerprint density at radius 3 is 2.62 bits per heavy atom. The van der Waals surface area contributed by atoms with Gasteiger partial charge in [-0.25, -0.2) is 9.37 Å². The Hall–Kier alpha value is -2.87. The van der Waals surface area contributed by atoms with Gasteiger partial charge in [0.25, 0.3) is 5.91 Å². The number of aromatic nitrogens is 1. The first-order valence-electron chi connectivity index (χ1n) is 8.57. The Morgan fingerprint density at radius 2 is 1.90 bits per heavy atom. The summed E-state index contributed by atoms with van der Waals surface area (Å²) in [4.78, 5) is 16.2. The summed E-state index contributed by atoms with van der Waals surface area (Å²) in [7, 11) is 0. The lowest BCUT2D eigenvalue weighted by atomic mass is 10.1. The fourth-order valence-electron chi connectivity index (χ4n) is 2.73. The zero-order chi connectivity index (χ0) is 21.2. The van der Waals surface area contributed by atoms with Gasteiger partial charge in [-0.05, 0) is 31.2 Å². The number of nitrogens with one attached hydrogen (secondary N) is 2. The lowest BCUT2D eigenvalue weighted by molar-refractivity contribution is -0.123. The fourth-order valence-corrected chi connectivity index (χ4v) is 2.94. The van der Waals surface area contributed by atoms with Gasteiger partial charge in [0.1, 0.15) is 17.5 Å². The molecule has 0 aliphatic rings. The van der Waals surface area contributed by atoms with Gasteiger partial charge in [-0.15, -0.1) is 0 Å². The number of carbonyl (C=O) groups excluding carboxylic acids is 1. The van der Waals surface area contributed by atoms with Crippen molar-refractivity contribution in [3.8, 4) is 0 Å². The highest BCUT2D eigenvalue weighted by Crippen LogP contribution is 2.25. The Labute approximate surface area is 168 Å². The van der Waals surface area contributed by atoms with Crippen molar-refractivity contribution in [2.45, 2.75) is 19.6 Å². The topological polar surface area (TPSA) is 54.0 Å². The molecule has 0 fully saturated rings. The minimum atomic E-state index is -4.56. The first kappa shape index (κ1) is 20.9. The van der Waals surface area contributed by atoms with Gasteiger partial charge in [0.05, 0.1) is 5.52 Å². The van der Waals surface area contributed by atoms with Gasteiger partial charge in [-0.3, -0.25) is 4.79 Å². The molecule has 9 heteroatoms. The summed E-state index contributed by atoms with van der Waals surface area (Å²) in [6.07, 6.45) is -4.56. The molecular weight excluding hydrogens is 410 g/mol. The summed E-state index contributed by atoms with van der Waals surface area (Å²) in [5.74, 6) is -1.73. The Bertz CT molecular complexity index is 1070. The molecule has 3 aromatic rings. The summed E-state index contributed by atoms with van der Waals surface area (Å²) >= 11 is 6.21. The zero-order valence-electron chi connectivity index (χ0n) is 15.2.